The highest BCUT2D eigenvalue weighted by atomic mass is 16.2. The van der Waals surface area contributed by atoms with Crippen molar-refractivity contribution < 1.29 is 9.59 Å². The summed E-state index contributed by atoms with van der Waals surface area (Å²) in [5.41, 5.74) is 3.52. The zero-order chi connectivity index (χ0) is 13.1. The number of nitrogens with one attached hydrogen (secondary N) is 1. The standard InChI is InChI=1S/C14H18N2O2/c1-10-3-4-11(2)12(7-10)9-16-6-5-13(17)15-8-14(16)18/h3-4,7H,5-6,8-9H2,1-2H3,(H,15,17). The fraction of sp³-hybridized carbons (Fsp3) is 0.429. The molecule has 0 saturated carbocycles. The first-order valence-corrected chi connectivity index (χ1v) is 6.17. The molecule has 0 aromatic heterocycles. The fourth-order valence-electron chi connectivity index (χ4n) is 2.08. The average Bonchev–Trinajstić information content (AvgIpc) is 2.49. The molecule has 1 aromatic carbocycles. The van der Waals surface area contributed by atoms with E-state index in [-0.39, 0.29) is 18.4 Å². The Morgan fingerprint density at radius 1 is 1.28 bits per heavy atom. The minimum atomic E-state index is -0.0492. The van der Waals surface area contributed by atoms with E-state index in [0.717, 1.165) is 5.56 Å². The van der Waals surface area contributed by atoms with E-state index >= 15 is 0 Å². The van der Waals surface area contributed by atoms with Gasteiger partial charge in [-0.05, 0) is 25.0 Å². The van der Waals surface area contributed by atoms with Crippen LogP contribution in [0.15, 0.2) is 18.2 Å². The molecule has 1 aliphatic rings. The molecule has 1 fully saturated rings. The number of benzene rings is 1. The molecule has 4 nitrogen and oxygen atoms in total. The van der Waals surface area contributed by atoms with Crippen LogP contribution in [0, 0.1) is 13.8 Å². The monoisotopic (exact) mass is 246 g/mol. The second kappa shape index (κ2) is 5.21. The highest BCUT2D eigenvalue weighted by molar-refractivity contribution is 5.87. The Bertz CT molecular complexity index is 483. The maximum Gasteiger partial charge on any atom is 0.242 e. The molecule has 0 aliphatic carbocycles. The number of carbonyl (C=O) groups excluding carboxylic acids is 2. The quantitative estimate of drug-likeness (QED) is 0.851. The van der Waals surface area contributed by atoms with Gasteiger partial charge < -0.3 is 10.2 Å². The molecule has 2 rings (SSSR count). The van der Waals surface area contributed by atoms with Crippen molar-refractivity contribution in [2.75, 3.05) is 13.1 Å². The lowest BCUT2D eigenvalue weighted by molar-refractivity contribution is -0.130. The number of nitrogens with zero attached hydrogens (tertiary/aromatic N) is 1. The third kappa shape index (κ3) is 2.88. The van der Waals surface area contributed by atoms with Crippen LogP contribution in [0.2, 0.25) is 0 Å². The SMILES string of the molecule is Cc1ccc(C)c(CN2CCC(=O)NCC2=O)c1. The summed E-state index contributed by atoms with van der Waals surface area (Å²) in [7, 11) is 0. The Hall–Kier alpha value is -1.84. The zero-order valence-electron chi connectivity index (χ0n) is 10.8. The molecule has 1 saturated heterocycles. The lowest BCUT2D eigenvalue weighted by atomic mass is 10.1. The lowest BCUT2D eigenvalue weighted by Gasteiger charge is -2.21. The van der Waals surface area contributed by atoms with Gasteiger partial charge in [0.2, 0.25) is 11.8 Å². The van der Waals surface area contributed by atoms with Crippen LogP contribution in [-0.2, 0) is 16.1 Å². The molecule has 0 atom stereocenters. The average molecular weight is 246 g/mol. The van der Waals surface area contributed by atoms with Crippen molar-refractivity contribution in [1.82, 2.24) is 10.2 Å². The van der Waals surface area contributed by atoms with E-state index in [9.17, 15) is 9.59 Å². The van der Waals surface area contributed by atoms with Crippen LogP contribution in [0.1, 0.15) is 23.1 Å². The molecule has 0 spiro atoms. The van der Waals surface area contributed by atoms with Crippen LogP contribution >= 0.6 is 0 Å². The summed E-state index contributed by atoms with van der Waals surface area (Å²) in [6.45, 7) is 5.28. The largest absolute Gasteiger partial charge is 0.347 e. The van der Waals surface area contributed by atoms with E-state index in [1.54, 1.807) is 4.90 Å². The van der Waals surface area contributed by atoms with Crippen molar-refractivity contribution in [1.29, 1.82) is 0 Å². The van der Waals surface area contributed by atoms with Gasteiger partial charge in [-0.3, -0.25) is 9.59 Å². The molecule has 18 heavy (non-hydrogen) atoms. The minimum absolute atomic E-state index is 0.0123. The molecule has 1 heterocycles. The summed E-state index contributed by atoms with van der Waals surface area (Å²) >= 11 is 0. The normalized spacial score (nSPS) is 16.4. The molecular weight excluding hydrogens is 228 g/mol. The van der Waals surface area contributed by atoms with Gasteiger partial charge in [-0.1, -0.05) is 23.8 Å². The van der Waals surface area contributed by atoms with Crippen molar-refractivity contribution >= 4 is 11.8 Å². The van der Waals surface area contributed by atoms with Gasteiger partial charge in [0.05, 0.1) is 6.54 Å². The van der Waals surface area contributed by atoms with E-state index in [4.69, 9.17) is 0 Å². The highest BCUT2D eigenvalue weighted by Crippen LogP contribution is 2.14. The molecule has 2 amide bonds. The number of hydrogen-bond acceptors (Lipinski definition) is 2. The fourth-order valence-corrected chi connectivity index (χ4v) is 2.08. The summed E-state index contributed by atoms with van der Waals surface area (Å²) in [4.78, 5) is 24.9. The Morgan fingerprint density at radius 2 is 2.06 bits per heavy atom. The van der Waals surface area contributed by atoms with Crippen LogP contribution in [0.25, 0.3) is 0 Å². The molecular formula is C14H18N2O2. The van der Waals surface area contributed by atoms with E-state index in [2.05, 4.69) is 23.5 Å². The number of rotatable bonds is 2. The maximum atomic E-state index is 11.9. The highest BCUT2D eigenvalue weighted by Gasteiger charge is 2.20. The molecule has 1 aliphatic heterocycles. The van der Waals surface area contributed by atoms with Crippen LogP contribution in [0.3, 0.4) is 0 Å². The summed E-state index contributed by atoms with van der Waals surface area (Å²) in [5.74, 6) is -0.0615. The van der Waals surface area contributed by atoms with Crippen LogP contribution in [-0.4, -0.2) is 29.8 Å². The summed E-state index contributed by atoms with van der Waals surface area (Å²) in [6, 6.07) is 6.23. The number of aryl methyl sites for hydroxylation is 2. The van der Waals surface area contributed by atoms with Crippen LogP contribution in [0.4, 0.5) is 0 Å². The van der Waals surface area contributed by atoms with Crippen LogP contribution in [0.5, 0.6) is 0 Å². The Kier molecular flexibility index (Phi) is 3.65. The van der Waals surface area contributed by atoms with Crippen molar-refractivity contribution in [3.63, 3.8) is 0 Å². The minimum Gasteiger partial charge on any atom is -0.347 e. The molecule has 4 heteroatoms. The lowest BCUT2D eigenvalue weighted by Crippen LogP contribution is -2.34. The first-order valence-electron chi connectivity index (χ1n) is 6.17. The molecule has 0 radical (unpaired) electrons. The summed E-state index contributed by atoms with van der Waals surface area (Å²) < 4.78 is 0. The molecule has 1 N–H and O–H groups in total. The smallest absolute Gasteiger partial charge is 0.242 e. The van der Waals surface area contributed by atoms with Crippen molar-refractivity contribution in [2.45, 2.75) is 26.8 Å². The topological polar surface area (TPSA) is 49.4 Å². The van der Waals surface area contributed by atoms with Gasteiger partial charge in [0.15, 0.2) is 0 Å². The van der Waals surface area contributed by atoms with Gasteiger partial charge in [0, 0.05) is 19.5 Å². The van der Waals surface area contributed by atoms with Crippen LogP contribution < -0.4 is 5.32 Å². The predicted octanol–water partition coefficient (Wildman–Crippen LogP) is 1.15. The number of carbonyl (C=O) groups is 2. The van der Waals surface area contributed by atoms with Gasteiger partial charge >= 0.3 is 0 Å². The predicted molar refractivity (Wildman–Crippen MR) is 69.0 cm³/mol. The second-order valence-corrected chi connectivity index (χ2v) is 4.77. The first-order chi connectivity index (χ1) is 8.56. The van der Waals surface area contributed by atoms with E-state index in [1.165, 1.54) is 11.1 Å². The van der Waals surface area contributed by atoms with Crippen molar-refractivity contribution in [2.24, 2.45) is 0 Å². The third-order valence-corrected chi connectivity index (χ3v) is 3.26. The van der Waals surface area contributed by atoms with E-state index in [0.29, 0.717) is 19.5 Å². The van der Waals surface area contributed by atoms with E-state index < -0.39 is 0 Å². The van der Waals surface area contributed by atoms with Gasteiger partial charge in [0.1, 0.15) is 0 Å². The maximum absolute atomic E-state index is 11.9. The second-order valence-electron chi connectivity index (χ2n) is 4.77. The van der Waals surface area contributed by atoms with Gasteiger partial charge in [-0.25, -0.2) is 0 Å². The Morgan fingerprint density at radius 3 is 2.83 bits per heavy atom. The summed E-state index contributed by atoms with van der Waals surface area (Å²) in [6.07, 6.45) is 0.386. The van der Waals surface area contributed by atoms with Crippen molar-refractivity contribution in [3.8, 4) is 0 Å². The third-order valence-electron chi connectivity index (χ3n) is 3.26. The Balaban J connectivity index is 2.14. The first kappa shape index (κ1) is 12.6. The van der Waals surface area contributed by atoms with Gasteiger partial charge in [-0.2, -0.15) is 0 Å². The number of amides is 2. The summed E-state index contributed by atoms with van der Waals surface area (Å²) in [5, 5.41) is 2.61. The molecule has 0 bridgehead atoms. The zero-order valence-corrected chi connectivity index (χ0v) is 10.8. The van der Waals surface area contributed by atoms with Crippen molar-refractivity contribution in [3.05, 3.63) is 34.9 Å². The van der Waals surface area contributed by atoms with Gasteiger partial charge in [-0.15, -0.1) is 0 Å². The number of hydrogen-bond donors (Lipinski definition) is 1. The molecule has 1 aromatic rings. The van der Waals surface area contributed by atoms with Gasteiger partial charge in [0.25, 0.3) is 0 Å². The molecule has 96 valence electrons. The Labute approximate surface area is 107 Å². The van der Waals surface area contributed by atoms with E-state index in [1.807, 2.05) is 13.8 Å². The molecule has 0 unspecified atom stereocenters.